The Bertz CT molecular complexity index is 975. The first-order chi connectivity index (χ1) is 14.7. The van der Waals surface area contributed by atoms with Crippen molar-refractivity contribution in [2.75, 3.05) is 13.1 Å². The maximum atomic E-state index is 13.1. The van der Waals surface area contributed by atoms with Gasteiger partial charge in [-0.1, -0.05) is 23.2 Å². The molecule has 0 unspecified atom stereocenters. The van der Waals surface area contributed by atoms with Gasteiger partial charge >= 0.3 is 12.1 Å². The Balaban J connectivity index is 2.12. The third kappa shape index (κ3) is 6.96. The Morgan fingerprint density at radius 1 is 1.22 bits per heavy atom. The number of nitrogens with zero attached hydrogens (tertiary/aromatic N) is 1. The van der Waals surface area contributed by atoms with Crippen molar-refractivity contribution in [3.63, 3.8) is 0 Å². The van der Waals surface area contributed by atoms with E-state index in [1.54, 1.807) is 20.8 Å². The lowest BCUT2D eigenvalue weighted by molar-refractivity contribution is -0.142. The lowest BCUT2D eigenvalue weighted by Gasteiger charge is -2.25. The molecule has 0 radical (unpaired) electrons. The van der Waals surface area contributed by atoms with Crippen LogP contribution >= 0.6 is 23.2 Å². The molecule has 0 saturated carbocycles. The molecule has 2 amide bonds. The number of ether oxygens (including phenoxy) is 1. The number of carbonyl (C=O) groups is 3. The van der Waals surface area contributed by atoms with Crippen molar-refractivity contribution in [1.82, 2.24) is 14.9 Å². The maximum Gasteiger partial charge on any atom is 0.407 e. The molecule has 0 spiro atoms. The van der Waals surface area contributed by atoms with Crippen LogP contribution in [0.3, 0.4) is 0 Å². The largest absolute Gasteiger partial charge is 0.480 e. The lowest BCUT2D eigenvalue weighted by atomic mass is 10.2. The van der Waals surface area contributed by atoms with Gasteiger partial charge in [0, 0.05) is 16.6 Å². The molecule has 0 aromatic heterocycles. The van der Waals surface area contributed by atoms with Gasteiger partial charge in [-0.2, -0.15) is 4.31 Å². The van der Waals surface area contributed by atoms with Crippen LogP contribution in [0.5, 0.6) is 0 Å². The van der Waals surface area contributed by atoms with Gasteiger partial charge < -0.3 is 20.5 Å². The molecule has 1 aromatic rings. The minimum Gasteiger partial charge on any atom is -0.480 e. The number of nitrogens with one attached hydrogen (secondary N) is 2. The third-order valence-corrected chi connectivity index (χ3v) is 6.74. The minimum atomic E-state index is -4.11. The van der Waals surface area contributed by atoms with Gasteiger partial charge in [0.2, 0.25) is 15.9 Å². The normalized spacial score (nSPS) is 18.1. The van der Waals surface area contributed by atoms with Crippen molar-refractivity contribution in [1.29, 1.82) is 0 Å². The number of hydrogen-bond acceptors (Lipinski definition) is 6. The van der Waals surface area contributed by atoms with Crippen LogP contribution in [-0.4, -0.2) is 66.6 Å². The van der Waals surface area contributed by atoms with Gasteiger partial charge in [0.05, 0.1) is 11.4 Å². The molecule has 0 aliphatic carbocycles. The third-order valence-electron chi connectivity index (χ3n) is 4.41. The van der Waals surface area contributed by atoms with E-state index in [2.05, 4.69) is 10.6 Å². The Kier molecular flexibility index (Phi) is 8.38. The highest BCUT2D eigenvalue weighted by Gasteiger charge is 2.40. The Morgan fingerprint density at radius 3 is 2.34 bits per heavy atom. The average molecular weight is 510 g/mol. The number of aliphatic carboxylic acids is 1. The zero-order valence-corrected chi connectivity index (χ0v) is 20.1. The first-order valence-corrected chi connectivity index (χ1v) is 11.9. The zero-order chi connectivity index (χ0) is 24.3. The van der Waals surface area contributed by atoms with Crippen LogP contribution < -0.4 is 10.6 Å². The van der Waals surface area contributed by atoms with Gasteiger partial charge in [0.15, 0.2) is 0 Å². The molecule has 1 heterocycles. The molecule has 2 atom stereocenters. The predicted molar refractivity (Wildman–Crippen MR) is 117 cm³/mol. The van der Waals surface area contributed by atoms with Gasteiger partial charge in [-0.25, -0.2) is 18.0 Å². The van der Waals surface area contributed by atoms with E-state index in [0.717, 1.165) is 4.31 Å². The molecule has 1 fully saturated rings. The topological polar surface area (TPSA) is 142 Å². The number of alkyl carbamates (subject to hydrolysis) is 1. The van der Waals surface area contributed by atoms with Gasteiger partial charge in [0.1, 0.15) is 17.7 Å². The van der Waals surface area contributed by atoms with Crippen molar-refractivity contribution >= 4 is 51.2 Å². The van der Waals surface area contributed by atoms with Crippen LogP contribution in [0.15, 0.2) is 23.1 Å². The van der Waals surface area contributed by atoms with Crippen LogP contribution in [0.2, 0.25) is 10.0 Å². The van der Waals surface area contributed by atoms with Gasteiger partial charge in [-0.15, -0.1) is 0 Å². The summed E-state index contributed by atoms with van der Waals surface area (Å²) in [6, 6.07) is 1.22. The molecular formula is C19H25Cl2N3O7S. The number of carboxylic acid groups (broad SMARTS) is 1. The van der Waals surface area contributed by atoms with E-state index < -0.39 is 52.2 Å². The molecule has 3 N–H and O–H groups in total. The number of rotatable bonds is 7. The molecule has 13 heteroatoms. The fraction of sp³-hybridized carbons (Fsp3) is 0.526. The minimum absolute atomic E-state index is 0.0679. The van der Waals surface area contributed by atoms with Crippen LogP contribution in [0.25, 0.3) is 0 Å². The average Bonchev–Trinajstić information content (AvgIpc) is 3.13. The van der Waals surface area contributed by atoms with Crippen molar-refractivity contribution in [2.45, 2.75) is 56.2 Å². The summed E-state index contributed by atoms with van der Waals surface area (Å²) < 4.78 is 32.1. The molecule has 1 aromatic carbocycles. The van der Waals surface area contributed by atoms with Gasteiger partial charge in [0.25, 0.3) is 0 Å². The molecule has 10 nitrogen and oxygen atoms in total. The van der Waals surface area contributed by atoms with E-state index >= 15 is 0 Å². The Hall–Kier alpha value is -2.08. The van der Waals surface area contributed by atoms with E-state index in [4.69, 9.17) is 27.9 Å². The molecule has 2 rings (SSSR count). The number of benzene rings is 1. The predicted octanol–water partition coefficient (Wildman–Crippen LogP) is 2.24. The standard InChI is InChI=1S/C19H25Cl2N3O7S/c1-19(2,3)31-18(28)22-10-14(17(26)27)23-16(25)15-5-4-6-24(15)32(29,30)13-8-11(20)7-12(21)9-13/h7-9,14-15H,4-6,10H2,1-3H3,(H,22,28)(H,23,25)(H,26,27)/t14-,15+/m0/s1. The fourth-order valence-electron chi connectivity index (χ4n) is 3.07. The Labute approximate surface area is 196 Å². The molecule has 0 bridgehead atoms. The molecule has 32 heavy (non-hydrogen) atoms. The van der Waals surface area contributed by atoms with E-state index in [9.17, 15) is 27.9 Å². The number of halogens is 2. The monoisotopic (exact) mass is 509 g/mol. The van der Waals surface area contributed by atoms with Gasteiger partial charge in [-0.05, 0) is 51.8 Å². The smallest absolute Gasteiger partial charge is 0.407 e. The number of carboxylic acids is 1. The SMILES string of the molecule is CC(C)(C)OC(=O)NC[C@H](NC(=O)[C@H]1CCCN1S(=O)(=O)c1cc(Cl)cc(Cl)c1)C(=O)O. The highest BCUT2D eigenvalue weighted by atomic mass is 35.5. The first-order valence-electron chi connectivity index (χ1n) is 9.68. The summed E-state index contributed by atoms with van der Waals surface area (Å²) in [5, 5.41) is 14.2. The fourth-order valence-corrected chi connectivity index (χ4v) is 5.45. The second kappa shape index (κ2) is 10.2. The number of sulfonamides is 1. The molecular weight excluding hydrogens is 485 g/mol. The van der Waals surface area contributed by atoms with Crippen LogP contribution in [0.4, 0.5) is 4.79 Å². The quantitative estimate of drug-likeness (QED) is 0.511. The number of carbonyl (C=O) groups excluding carboxylic acids is 2. The van der Waals surface area contributed by atoms with Crippen molar-refractivity contribution in [3.8, 4) is 0 Å². The highest BCUT2D eigenvalue weighted by molar-refractivity contribution is 7.89. The molecule has 1 aliphatic heterocycles. The zero-order valence-electron chi connectivity index (χ0n) is 17.7. The molecule has 1 saturated heterocycles. The highest BCUT2D eigenvalue weighted by Crippen LogP contribution is 2.29. The van der Waals surface area contributed by atoms with Gasteiger partial charge in [-0.3, -0.25) is 4.79 Å². The second-order valence-corrected chi connectivity index (χ2v) is 10.9. The number of hydrogen-bond donors (Lipinski definition) is 3. The van der Waals surface area contributed by atoms with Crippen molar-refractivity contribution < 1.29 is 32.6 Å². The summed E-state index contributed by atoms with van der Waals surface area (Å²) >= 11 is 11.8. The summed E-state index contributed by atoms with van der Waals surface area (Å²) in [5.41, 5.74) is -0.784. The first kappa shape index (κ1) is 26.2. The lowest BCUT2D eigenvalue weighted by Crippen LogP contribution is -2.54. The summed E-state index contributed by atoms with van der Waals surface area (Å²) in [6.45, 7) is 4.56. The summed E-state index contributed by atoms with van der Waals surface area (Å²) in [7, 11) is -4.11. The Morgan fingerprint density at radius 2 is 1.81 bits per heavy atom. The van der Waals surface area contributed by atoms with Crippen LogP contribution in [0.1, 0.15) is 33.6 Å². The van der Waals surface area contributed by atoms with Crippen LogP contribution in [0, 0.1) is 0 Å². The number of amides is 2. The van der Waals surface area contributed by atoms with E-state index in [1.807, 2.05) is 0 Å². The van der Waals surface area contributed by atoms with E-state index in [1.165, 1.54) is 18.2 Å². The van der Waals surface area contributed by atoms with Crippen LogP contribution in [-0.2, 0) is 24.3 Å². The summed E-state index contributed by atoms with van der Waals surface area (Å²) in [5.74, 6) is -2.19. The summed E-state index contributed by atoms with van der Waals surface area (Å²) in [6.07, 6.45) is -0.244. The second-order valence-electron chi connectivity index (χ2n) is 8.16. The van der Waals surface area contributed by atoms with Crippen molar-refractivity contribution in [2.24, 2.45) is 0 Å². The molecule has 1 aliphatic rings. The van der Waals surface area contributed by atoms with E-state index in [-0.39, 0.29) is 27.9 Å². The van der Waals surface area contributed by atoms with Crippen molar-refractivity contribution in [3.05, 3.63) is 28.2 Å². The molecule has 178 valence electrons. The van der Waals surface area contributed by atoms with E-state index in [0.29, 0.717) is 6.42 Å². The summed E-state index contributed by atoms with van der Waals surface area (Å²) in [4.78, 5) is 35.9. The maximum absolute atomic E-state index is 13.1.